The average Bonchev–Trinajstić information content (AvgIpc) is 2.71. The molecule has 3 nitrogen and oxygen atoms in total. The summed E-state index contributed by atoms with van der Waals surface area (Å²) in [6.45, 7) is 3.47. The monoisotopic (exact) mass is 243 g/mol. The summed E-state index contributed by atoms with van der Waals surface area (Å²) in [5, 5.41) is 0. The molecule has 1 saturated heterocycles. The van der Waals surface area contributed by atoms with Crippen molar-refractivity contribution < 1.29 is 9.47 Å². The van der Waals surface area contributed by atoms with Crippen LogP contribution in [0.4, 0.5) is 0 Å². The van der Waals surface area contributed by atoms with Gasteiger partial charge in [0.05, 0.1) is 13.2 Å². The highest BCUT2D eigenvalue weighted by molar-refractivity contribution is 5.85. The van der Waals surface area contributed by atoms with Crippen molar-refractivity contribution in [3.8, 4) is 5.75 Å². The maximum Gasteiger partial charge on any atom is 0.124 e. The zero-order valence-corrected chi connectivity index (χ0v) is 10.2. The molecule has 2 atom stereocenters. The van der Waals surface area contributed by atoms with Crippen LogP contribution < -0.4 is 10.5 Å². The Hall–Kier alpha value is -0.770. The topological polar surface area (TPSA) is 44.5 Å². The summed E-state index contributed by atoms with van der Waals surface area (Å²) < 4.78 is 11.0. The molecular formula is C12H18ClNO2. The number of benzene rings is 1. The van der Waals surface area contributed by atoms with E-state index in [1.165, 1.54) is 0 Å². The van der Waals surface area contributed by atoms with E-state index in [-0.39, 0.29) is 24.6 Å². The molecule has 0 bridgehead atoms. The van der Waals surface area contributed by atoms with Crippen LogP contribution in [0.1, 0.15) is 24.9 Å². The molecule has 1 aliphatic heterocycles. The minimum atomic E-state index is 0. The molecule has 1 aliphatic rings. The highest BCUT2D eigenvalue weighted by atomic mass is 35.5. The number of hydrogen-bond acceptors (Lipinski definition) is 3. The summed E-state index contributed by atoms with van der Waals surface area (Å²) in [5.74, 6) is 0.889. The van der Waals surface area contributed by atoms with Gasteiger partial charge in [0.1, 0.15) is 11.9 Å². The number of halogens is 1. The molecule has 0 radical (unpaired) electrons. The fraction of sp³-hybridized carbons (Fsp3) is 0.500. The first-order chi connectivity index (χ1) is 7.25. The van der Waals surface area contributed by atoms with E-state index in [1.54, 1.807) is 0 Å². The maximum atomic E-state index is 5.81. The van der Waals surface area contributed by atoms with E-state index in [1.807, 2.05) is 31.2 Å². The zero-order valence-electron chi connectivity index (χ0n) is 9.39. The molecule has 0 amide bonds. The Morgan fingerprint density at radius 1 is 1.50 bits per heavy atom. The lowest BCUT2D eigenvalue weighted by molar-refractivity contribution is 0.141. The summed E-state index contributed by atoms with van der Waals surface area (Å²) in [5.41, 5.74) is 6.91. The predicted molar refractivity (Wildman–Crippen MR) is 66.1 cm³/mol. The van der Waals surface area contributed by atoms with Gasteiger partial charge in [-0.25, -0.2) is 0 Å². The number of hydrogen-bond donors (Lipinski definition) is 1. The van der Waals surface area contributed by atoms with E-state index in [4.69, 9.17) is 15.2 Å². The molecule has 4 heteroatoms. The molecule has 1 fully saturated rings. The second-order valence-electron chi connectivity index (χ2n) is 3.96. The van der Waals surface area contributed by atoms with Gasteiger partial charge in [0.25, 0.3) is 0 Å². The van der Waals surface area contributed by atoms with Crippen LogP contribution in [-0.2, 0) is 4.74 Å². The second-order valence-corrected chi connectivity index (χ2v) is 3.96. The van der Waals surface area contributed by atoms with Crippen LogP contribution in [0.2, 0.25) is 0 Å². The summed E-state index contributed by atoms with van der Waals surface area (Å²) >= 11 is 0. The molecule has 2 rings (SSSR count). The third-order valence-electron chi connectivity index (χ3n) is 2.57. The standard InChI is InChI=1S/C12H17NO2.ClH/c1-9(13)10-3-2-4-11(7-10)15-12-5-6-14-8-12;/h2-4,7,9,12H,5-6,8,13H2,1H3;1H/t9-,12?;/m0./s1. The van der Waals surface area contributed by atoms with Crippen molar-refractivity contribution in [3.05, 3.63) is 29.8 Å². The summed E-state index contributed by atoms with van der Waals surface area (Å²) in [6, 6.07) is 8.01. The normalized spacial score (nSPS) is 21.2. The molecule has 1 unspecified atom stereocenters. The lowest BCUT2D eigenvalue weighted by atomic mass is 10.1. The van der Waals surface area contributed by atoms with Crippen molar-refractivity contribution in [2.45, 2.75) is 25.5 Å². The zero-order chi connectivity index (χ0) is 10.7. The summed E-state index contributed by atoms with van der Waals surface area (Å²) in [6.07, 6.45) is 1.18. The summed E-state index contributed by atoms with van der Waals surface area (Å²) in [4.78, 5) is 0. The molecule has 2 N–H and O–H groups in total. The predicted octanol–water partition coefficient (Wildman–Crippen LogP) is 2.30. The van der Waals surface area contributed by atoms with Gasteiger partial charge in [0, 0.05) is 12.5 Å². The van der Waals surface area contributed by atoms with Gasteiger partial charge in [0.15, 0.2) is 0 Å². The number of ether oxygens (including phenoxy) is 2. The molecule has 1 heterocycles. The minimum Gasteiger partial charge on any atom is -0.488 e. The molecule has 1 aromatic rings. The molecule has 0 aromatic heterocycles. The van der Waals surface area contributed by atoms with Gasteiger partial charge < -0.3 is 15.2 Å². The van der Waals surface area contributed by atoms with Crippen molar-refractivity contribution in [1.82, 2.24) is 0 Å². The van der Waals surface area contributed by atoms with Crippen LogP contribution in [0.15, 0.2) is 24.3 Å². The second kappa shape index (κ2) is 6.09. The van der Waals surface area contributed by atoms with E-state index >= 15 is 0 Å². The van der Waals surface area contributed by atoms with Crippen LogP contribution in [-0.4, -0.2) is 19.3 Å². The van der Waals surface area contributed by atoms with E-state index in [9.17, 15) is 0 Å². The molecule has 16 heavy (non-hydrogen) atoms. The van der Waals surface area contributed by atoms with Crippen LogP contribution >= 0.6 is 12.4 Å². The van der Waals surface area contributed by atoms with Gasteiger partial charge in [-0.15, -0.1) is 12.4 Å². The molecule has 0 saturated carbocycles. The van der Waals surface area contributed by atoms with Crippen molar-refractivity contribution in [2.75, 3.05) is 13.2 Å². The first-order valence-corrected chi connectivity index (χ1v) is 5.35. The van der Waals surface area contributed by atoms with E-state index in [0.29, 0.717) is 6.61 Å². The van der Waals surface area contributed by atoms with Crippen molar-refractivity contribution in [2.24, 2.45) is 5.73 Å². The first-order valence-electron chi connectivity index (χ1n) is 5.35. The highest BCUT2D eigenvalue weighted by Crippen LogP contribution is 2.20. The third-order valence-corrected chi connectivity index (χ3v) is 2.57. The van der Waals surface area contributed by atoms with Gasteiger partial charge in [-0.05, 0) is 24.6 Å². The highest BCUT2D eigenvalue weighted by Gasteiger charge is 2.17. The molecule has 90 valence electrons. The lowest BCUT2D eigenvalue weighted by Gasteiger charge is -2.13. The molecular weight excluding hydrogens is 226 g/mol. The minimum absolute atomic E-state index is 0. The van der Waals surface area contributed by atoms with Crippen LogP contribution in [0.5, 0.6) is 5.75 Å². The lowest BCUT2D eigenvalue weighted by Crippen LogP contribution is -2.16. The number of rotatable bonds is 3. The SMILES string of the molecule is C[C@H](N)c1cccc(OC2CCOC2)c1.Cl. The van der Waals surface area contributed by atoms with E-state index in [2.05, 4.69) is 0 Å². The first kappa shape index (κ1) is 13.3. The van der Waals surface area contributed by atoms with Gasteiger partial charge in [0.2, 0.25) is 0 Å². The van der Waals surface area contributed by atoms with E-state index in [0.717, 1.165) is 24.3 Å². The Bertz CT molecular complexity index is 325. The van der Waals surface area contributed by atoms with Gasteiger partial charge >= 0.3 is 0 Å². The van der Waals surface area contributed by atoms with Gasteiger partial charge in [-0.2, -0.15) is 0 Å². The largest absolute Gasteiger partial charge is 0.488 e. The Kier molecular flexibility index (Phi) is 5.06. The van der Waals surface area contributed by atoms with Gasteiger partial charge in [-0.1, -0.05) is 12.1 Å². The fourth-order valence-corrected chi connectivity index (χ4v) is 1.67. The average molecular weight is 244 g/mol. The Labute approximate surface area is 102 Å². The molecule has 0 spiro atoms. The fourth-order valence-electron chi connectivity index (χ4n) is 1.67. The van der Waals surface area contributed by atoms with Crippen molar-refractivity contribution >= 4 is 12.4 Å². The smallest absolute Gasteiger partial charge is 0.124 e. The molecule has 0 aliphatic carbocycles. The quantitative estimate of drug-likeness (QED) is 0.886. The third kappa shape index (κ3) is 3.37. The van der Waals surface area contributed by atoms with Crippen LogP contribution in [0.3, 0.4) is 0 Å². The Morgan fingerprint density at radius 3 is 2.94 bits per heavy atom. The van der Waals surface area contributed by atoms with Crippen molar-refractivity contribution in [1.29, 1.82) is 0 Å². The molecule has 1 aromatic carbocycles. The van der Waals surface area contributed by atoms with E-state index < -0.39 is 0 Å². The maximum absolute atomic E-state index is 5.81. The summed E-state index contributed by atoms with van der Waals surface area (Å²) in [7, 11) is 0. The Morgan fingerprint density at radius 2 is 2.31 bits per heavy atom. The van der Waals surface area contributed by atoms with Crippen LogP contribution in [0.25, 0.3) is 0 Å². The van der Waals surface area contributed by atoms with Crippen molar-refractivity contribution in [3.63, 3.8) is 0 Å². The van der Waals surface area contributed by atoms with Crippen LogP contribution in [0, 0.1) is 0 Å². The Balaban J connectivity index is 0.00000128. The van der Waals surface area contributed by atoms with Gasteiger partial charge in [-0.3, -0.25) is 0 Å². The number of nitrogens with two attached hydrogens (primary N) is 1.